The maximum Gasteiger partial charge on any atom is 0.125 e. The summed E-state index contributed by atoms with van der Waals surface area (Å²) < 4.78 is 13.4. The first-order chi connectivity index (χ1) is 9.90. The summed E-state index contributed by atoms with van der Waals surface area (Å²) in [6, 6.07) is 11.9. The van der Waals surface area contributed by atoms with Crippen LogP contribution in [0, 0.1) is 11.2 Å². The lowest BCUT2D eigenvalue weighted by molar-refractivity contribution is 0.626. The molecule has 0 amide bonds. The number of hydrogen-bond acceptors (Lipinski definition) is 2. The molecule has 0 bridgehead atoms. The van der Waals surface area contributed by atoms with Crippen molar-refractivity contribution in [3.63, 3.8) is 0 Å². The van der Waals surface area contributed by atoms with Gasteiger partial charge in [0.2, 0.25) is 0 Å². The number of amidine groups is 1. The van der Waals surface area contributed by atoms with Gasteiger partial charge in [-0.1, -0.05) is 23.7 Å². The smallest absolute Gasteiger partial charge is 0.125 e. The van der Waals surface area contributed by atoms with Gasteiger partial charge in [0.1, 0.15) is 11.7 Å². The molecule has 21 heavy (non-hydrogen) atoms. The largest absolute Gasteiger partial charge is 0.384 e. The molecule has 2 aromatic carbocycles. The van der Waals surface area contributed by atoms with Gasteiger partial charge >= 0.3 is 0 Å². The fraction of sp³-hybridized carbons (Fsp3) is 0.188. The Labute approximate surface area is 128 Å². The van der Waals surface area contributed by atoms with E-state index in [0.29, 0.717) is 16.3 Å². The van der Waals surface area contributed by atoms with E-state index >= 15 is 0 Å². The van der Waals surface area contributed by atoms with E-state index in [4.69, 9.17) is 22.7 Å². The monoisotopic (exact) mass is 305 g/mol. The number of nitrogens with one attached hydrogen (secondary N) is 1. The molecule has 1 atom stereocenters. The summed E-state index contributed by atoms with van der Waals surface area (Å²) in [6.45, 7) is 2.02. The van der Waals surface area contributed by atoms with Crippen molar-refractivity contribution in [2.24, 2.45) is 5.73 Å². The Hall–Kier alpha value is -2.07. The highest BCUT2D eigenvalue weighted by atomic mass is 35.5. The van der Waals surface area contributed by atoms with E-state index in [0.717, 1.165) is 5.56 Å². The van der Waals surface area contributed by atoms with Gasteiger partial charge in [0.05, 0.1) is 6.04 Å². The van der Waals surface area contributed by atoms with E-state index in [2.05, 4.69) is 0 Å². The van der Waals surface area contributed by atoms with Crippen LogP contribution in [0.1, 0.15) is 24.1 Å². The lowest BCUT2D eigenvalue weighted by atomic mass is 10.0. The summed E-state index contributed by atoms with van der Waals surface area (Å²) in [5.74, 6) is -0.559. The van der Waals surface area contributed by atoms with Crippen molar-refractivity contribution in [1.82, 2.24) is 0 Å². The van der Waals surface area contributed by atoms with Crippen LogP contribution < -0.4 is 10.6 Å². The van der Waals surface area contributed by atoms with Crippen LogP contribution in [0.4, 0.5) is 10.1 Å². The second-order valence-electron chi connectivity index (χ2n) is 4.91. The van der Waals surface area contributed by atoms with E-state index in [1.165, 1.54) is 12.1 Å². The molecule has 0 aliphatic heterocycles. The highest BCUT2D eigenvalue weighted by Crippen LogP contribution is 2.29. The Morgan fingerprint density at radius 1 is 1.24 bits per heavy atom. The maximum absolute atomic E-state index is 13.4. The van der Waals surface area contributed by atoms with Crippen LogP contribution in [0.15, 0.2) is 42.5 Å². The standard InChI is InChI=1S/C16H17ClFN3/c1-10(11-3-5-12(17)6-4-11)21(2)15-8-7-13(18)9-14(15)16(19)20/h3-10H,1-2H3,(H3,19,20). The number of nitrogens with zero attached hydrogens (tertiary/aromatic N) is 1. The van der Waals surface area contributed by atoms with Crippen molar-refractivity contribution in [2.45, 2.75) is 13.0 Å². The van der Waals surface area contributed by atoms with Crippen molar-refractivity contribution in [2.75, 3.05) is 11.9 Å². The highest BCUT2D eigenvalue weighted by Gasteiger charge is 2.17. The van der Waals surface area contributed by atoms with Crippen LogP contribution in [-0.2, 0) is 0 Å². The van der Waals surface area contributed by atoms with Gasteiger partial charge in [-0.2, -0.15) is 0 Å². The predicted octanol–water partition coefficient (Wildman–Crippen LogP) is 3.96. The highest BCUT2D eigenvalue weighted by molar-refractivity contribution is 6.30. The molecule has 1 unspecified atom stereocenters. The average Bonchev–Trinajstić information content (AvgIpc) is 2.46. The van der Waals surface area contributed by atoms with E-state index in [1.54, 1.807) is 6.07 Å². The first-order valence-electron chi connectivity index (χ1n) is 6.52. The van der Waals surface area contributed by atoms with E-state index < -0.39 is 5.82 Å². The van der Waals surface area contributed by atoms with Crippen LogP contribution in [0.25, 0.3) is 0 Å². The van der Waals surface area contributed by atoms with Crippen molar-refractivity contribution in [1.29, 1.82) is 5.41 Å². The first-order valence-corrected chi connectivity index (χ1v) is 6.90. The summed E-state index contributed by atoms with van der Waals surface area (Å²) in [5, 5.41) is 8.29. The molecule has 0 heterocycles. The topological polar surface area (TPSA) is 53.1 Å². The van der Waals surface area contributed by atoms with Gasteiger partial charge in [-0.3, -0.25) is 5.41 Å². The number of nitrogen functional groups attached to an aromatic ring is 1. The molecular weight excluding hydrogens is 289 g/mol. The second kappa shape index (κ2) is 6.14. The third kappa shape index (κ3) is 3.34. The van der Waals surface area contributed by atoms with Crippen LogP contribution >= 0.6 is 11.6 Å². The predicted molar refractivity (Wildman–Crippen MR) is 85.7 cm³/mol. The lowest BCUT2D eigenvalue weighted by Gasteiger charge is -2.29. The third-order valence-corrected chi connectivity index (χ3v) is 3.81. The number of hydrogen-bond donors (Lipinski definition) is 2. The summed E-state index contributed by atoms with van der Waals surface area (Å²) in [6.07, 6.45) is 0. The third-order valence-electron chi connectivity index (χ3n) is 3.56. The average molecular weight is 306 g/mol. The molecule has 0 saturated carbocycles. The zero-order valence-electron chi connectivity index (χ0n) is 11.9. The van der Waals surface area contributed by atoms with Gasteiger partial charge in [-0.25, -0.2) is 4.39 Å². The molecule has 3 N–H and O–H groups in total. The van der Waals surface area contributed by atoms with Crippen molar-refractivity contribution >= 4 is 23.1 Å². The molecule has 0 spiro atoms. The Morgan fingerprint density at radius 2 is 1.86 bits per heavy atom. The zero-order valence-corrected chi connectivity index (χ0v) is 12.7. The quantitative estimate of drug-likeness (QED) is 0.663. The Morgan fingerprint density at radius 3 is 2.43 bits per heavy atom. The molecule has 3 nitrogen and oxygen atoms in total. The molecular formula is C16H17ClFN3. The minimum atomic E-state index is -0.406. The van der Waals surface area contributed by atoms with E-state index in [1.807, 2.05) is 43.1 Å². The van der Waals surface area contributed by atoms with Gasteiger partial charge in [0.25, 0.3) is 0 Å². The molecule has 2 rings (SSSR count). The molecule has 5 heteroatoms. The summed E-state index contributed by atoms with van der Waals surface area (Å²) in [7, 11) is 1.89. The summed E-state index contributed by atoms with van der Waals surface area (Å²) >= 11 is 5.90. The minimum absolute atomic E-state index is 0.0332. The SMILES string of the molecule is CC(c1ccc(Cl)cc1)N(C)c1ccc(F)cc1C(=N)N. The van der Waals surface area contributed by atoms with E-state index in [9.17, 15) is 4.39 Å². The van der Waals surface area contributed by atoms with Gasteiger partial charge in [0, 0.05) is 23.3 Å². The molecule has 0 fully saturated rings. The van der Waals surface area contributed by atoms with Crippen molar-refractivity contribution in [3.8, 4) is 0 Å². The van der Waals surface area contributed by atoms with Crippen molar-refractivity contribution in [3.05, 3.63) is 64.4 Å². The molecule has 110 valence electrons. The zero-order chi connectivity index (χ0) is 15.6. The van der Waals surface area contributed by atoms with Gasteiger partial charge in [-0.05, 0) is 42.8 Å². The Balaban J connectivity index is 2.37. The Kier molecular flexibility index (Phi) is 4.48. The lowest BCUT2D eigenvalue weighted by Crippen LogP contribution is -2.25. The van der Waals surface area contributed by atoms with Gasteiger partial charge in [-0.15, -0.1) is 0 Å². The summed E-state index contributed by atoms with van der Waals surface area (Å²) in [5.41, 5.74) is 7.72. The molecule has 0 aromatic heterocycles. The van der Waals surface area contributed by atoms with Gasteiger partial charge < -0.3 is 10.6 Å². The number of benzene rings is 2. The van der Waals surface area contributed by atoms with E-state index in [-0.39, 0.29) is 11.9 Å². The van der Waals surface area contributed by atoms with Gasteiger partial charge in [0.15, 0.2) is 0 Å². The fourth-order valence-corrected chi connectivity index (χ4v) is 2.33. The molecule has 0 saturated heterocycles. The molecule has 0 aliphatic rings. The normalized spacial score (nSPS) is 12.0. The first kappa shape index (κ1) is 15.3. The number of rotatable bonds is 4. The number of anilines is 1. The molecule has 2 aromatic rings. The fourth-order valence-electron chi connectivity index (χ4n) is 2.21. The summed E-state index contributed by atoms with van der Waals surface area (Å²) in [4.78, 5) is 1.96. The van der Waals surface area contributed by atoms with Crippen LogP contribution in [0.3, 0.4) is 0 Å². The van der Waals surface area contributed by atoms with Crippen molar-refractivity contribution < 1.29 is 4.39 Å². The molecule has 0 radical (unpaired) electrons. The molecule has 0 aliphatic carbocycles. The van der Waals surface area contributed by atoms with Crippen LogP contribution in [0.5, 0.6) is 0 Å². The maximum atomic E-state index is 13.4. The second-order valence-corrected chi connectivity index (χ2v) is 5.35. The minimum Gasteiger partial charge on any atom is -0.384 e. The Bertz CT molecular complexity index is 655. The number of nitrogens with two attached hydrogens (primary N) is 1. The van der Waals surface area contributed by atoms with Crippen LogP contribution in [-0.4, -0.2) is 12.9 Å². The number of halogens is 2. The van der Waals surface area contributed by atoms with Crippen LogP contribution in [0.2, 0.25) is 5.02 Å².